The number of sulfone groups is 1. The molecule has 1 saturated heterocycles. The summed E-state index contributed by atoms with van der Waals surface area (Å²) in [6, 6.07) is 23.2. The zero-order valence-electron chi connectivity index (χ0n) is 18.4. The molecular formula is C26H27N3O3S. The lowest BCUT2D eigenvalue weighted by Crippen LogP contribution is -2.35. The van der Waals surface area contributed by atoms with E-state index in [9.17, 15) is 13.5 Å². The minimum absolute atomic E-state index is 0.0485. The van der Waals surface area contributed by atoms with Crippen LogP contribution in [0.15, 0.2) is 77.7 Å². The van der Waals surface area contributed by atoms with Gasteiger partial charge in [0, 0.05) is 23.9 Å². The summed E-state index contributed by atoms with van der Waals surface area (Å²) in [5.74, 6) is 0.549. The summed E-state index contributed by atoms with van der Waals surface area (Å²) in [6.45, 7) is 0. The first-order chi connectivity index (χ1) is 15.9. The Morgan fingerprint density at radius 3 is 2.58 bits per heavy atom. The molecule has 0 saturated carbocycles. The van der Waals surface area contributed by atoms with Gasteiger partial charge in [0.05, 0.1) is 22.0 Å². The molecule has 0 spiro atoms. The standard InChI is InChI=1S/C26H27N3O3S/c1-33(31,32)24-10-6-5-9-20(24)26-28-21-13-11-17(16-23(21)29-26)15-19-12-14-22(27-19)25(30)18-7-3-2-4-8-18/h2-11,13,16,19,22,25,27,30H,12,14-15H2,1H3,(H,28,29)/t19-,22+,25+/m0/s1. The number of hydrogen-bond acceptors (Lipinski definition) is 5. The fourth-order valence-electron chi connectivity index (χ4n) is 4.72. The van der Waals surface area contributed by atoms with Crippen LogP contribution in [0, 0.1) is 0 Å². The second-order valence-electron chi connectivity index (χ2n) is 8.81. The monoisotopic (exact) mass is 461 g/mol. The number of imidazole rings is 1. The Morgan fingerprint density at radius 1 is 1.03 bits per heavy atom. The van der Waals surface area contributed by atoms with Crippen molar-refractivity contribution in [3.05, 3.63) is 83.9 Å². The highest BCUT2D eigenvalue weighted by Gasteiger charge is 2.30. The van der Waals surface area contributed by atoms with Crippen LogP contribution in [-0.2, 0) is 16.3 Å². The van der Waals surface area contributed by atoms with E-state index < -0.39 is 15.9 Å². The molecule has 5 rings (SSSR count). The zero-order valence-corrected chi connectivity index (χ0v) is 19.2. The van der Waals surface area contributed by atoms with Crippen molar-refractivity contribution in [3.63, 3.8) is 0 Å². The maximum absolute atomic E-state index is 12.2. The Bertz CT molecular complexity index is 1380. The first-order valence-electron chi connectivity index (χ1n) is 11.2. The first kappa shape index (κ1) is 21.8. The van der Waals surface area contributed by atoms with Crippen molar-refractivity contribution in [1.29, 1.82) is 0 Å². The third-order valence-electron chi connectivity index (χ3n) is 6.37. The number of nitrogens with zero attached hydrogens (tertiary/aromatic N) is 1. The number of aromatic nitrogens is 2. The van der Waals surface area contributed by atoms with Gasteiger partial charge in [0.1, 0.15) is 5.82 Å². The van der Waals surface area contributed by atoms with Crippen molar-refractivity contribution in [2.45, 2.75) is 42.3 Å². The predicted octanol–water partition coefficient (Wildman–Crippen LogP) is 4.03. The molecule has 0 aliphatic carbocycles. The highest BCUT2D eigenvalue weighted by molar-refractivity contribution is 7.90. The van der Waals surface area contributed by atoms with Crippen molar-refractivity contribution >= 4 is 20.9 Å². The lowest BCUT2D eigenvalue weighted by Gasteiger charge is -2.20. The van der Waals surface area contributed by atoms with Crippen LogP contribution in [0.25, 0.3) is 22.4 Å². The smallest absolute Gasteiger partial charge is 0.176 e. The number of benzene rings is 3. The molecule has 0 amide bonds. The molecule has 0 radical (unpaired) electrons. The first-order valence-corrected chi connectivity index (χ1v) is 13.0. The van der Waals surface area contributed by atoms with Crippen molar-refractivity contribution in [2.75, 3.05) is 6.26 Å². The number of hydrogen-bond donors (Lipinski definition) is 3. The third kappa shape index (κ3) is 4.57. The SMILES string of the molecule is CS(=O)(=O)c1ccccc1-c1nc2ccc(C[C@@H]3CC[C@H]([C@H](O)c4ccccc4)N3)cc2[nH]1. The number of H-pyrrole nitrogens is 1. The van der Waals surface area contributed by atoms with E-state index in [-0.39, 0.29) is 10.9 Å². The Morgan fingerprint density at radius 2 is 1.79 bits per heavy atom. The van der Waals surface area contributed by atoms with Crippen LogP contribution >= 0.6 is 0 Å². The fourth-order valence-corrected chi connectivity index (χ4v) is 5.61. The molecule has 7 heteroatoms. The molecule has 170 valence electrons. The average molecular weight is 462 g/mol. The minimum atomic E-state index is -3.36. The van der Waals surface area contributed by atoms with Gasteiger partial charge in [0.25, 0.3) is 0 Å². The van der Waals surface area contributed by atoms with E-state index in [1.54, 1.807) is 18.2 Å². The molecule has 4 aromatic rings. The molecule has 1 aliphatic heterocycles. The zero-order chi connectivity index (χ0) is 23.0. The average Bonchev–Trinajstić information content (AvgIpc) is 3.45. The lowest BCUT2D eigenvalue weighted by atomic mass is 10.0. The second-order valence-corrected chi connectivity index (χ2v) is 10.8. The molecule has 6 nitrogen and oxygen atoms in total. The van der Waals surface area contributed by atoms with Gasteiger partial charge in [0.15, 0.2) is 9.84 Å². The largest absolute Gasteiger partial charge is 0.387 e. The van der Waals surface area contributed by atoms with Gasteiger partial charge in [-0.2, -0.15) is 0 Å². The number of fused-ring (bicyclic) bond motifs is 1. The van der Waals surface area contributed by atoms with E-state index in [4.69, 9.17) is 0 Å². The normalized spacial score (nSPS) is 19.7. The number of aromatic amines is 1. The number of aliphatic hydroxyl groups excluding tert-OH is 1. The lowest BCUT2D eigenvalue weighted by molar-refractivity contribution is 0.135. The van der Waals surface area contributed by atoms with E-state index in [1.807, 2.05) is 42.5 Å². The third-order valence-corrected chi connectivity index (χ3v) is 7.52. The quantitative estimate of drug-likeness (QED) is 0.403. The highest BCUT2D eigenvalue weighted by atomic mass is 32.2. The molecule has 3 atom stereocenters. The molecular weight excluding hydrogens is 434 g/mol. The summed E-state index contributed by atoms with van der Waals surface area (Å²) >= 11 is 0. The highest BCUT2D eigenvalue weighted by Crippen LogP contribution is 2.29. The van der Waals surface area contributed by atoms with E-state index in [2.05, 4.69) is 27.4 Å². The van der Waals surface area contributed by atoms with Crippen LogP contribution < -0.4 is 5.32 Å². The molecule has 3 aromatic carbocycles. The van der Waals surface area contributed by atoms with Gasteiger partial charge in [-0.25, -0.2) is 13.4 Å². The van der Waals surface area contributed by atoms with Gasteiger partial charge >= 0.3 is 0 Å². The second kappa shape index (κ2) is 8.74. The van der Waals surface area contributed by atoms with Gasteiger partial charge < -0.3 is 15.4 Å². The molecule has 2 heterocycles. The summed E-state index contributed by atoms with van der Waals surface area (Å²) in [4.78, 5) is 8.20. The topological polar surface area (TPSA) is 95.1 Å². The summed E-state index contributed by atoms with van der Waals surface area (Å²) in [5, 5.41) is 14.3. The molecule has 1 aliphatic rings. The fraction of sp³-hybridized carbons (Fsp3) is 0.269. The van der Waals surface area contributed by atoms with Crippen LogP contribution in [0.2, 0.25) is 0 Å². The van der Waals surface area contributed by atoms with Gasteiger partial charge in [-0.3, -0.25) is 0 Å². The van der Waals surface area contributed by atoms with Crippen LogP contribution in [0.3, 0.4) is 0 Å². The Hall–Kier alpha value is -3.00. The van der Waals surface area contributed by atoms with Gasteiger partial charge in [-0.15, -0.1) is 0 Å². The molecule has 0 unspecified atom stereocenters. The van der Waals surface area contributed by atoms with Crippen molar-refractivity contribution in [3.8, 4) is 11.4 Å². The van der Waals surface area contributed by atoms with E-state index in [1.165, 1.54) is 11.8 Å². The van der Waals surface area contributed by atoms with Crippen molar-refractivity contribution in [2.24, 2.45) is 0 Å². The molecule has 3 N–H and O–H groups in total. The van der Waals surface area contributed by atoms with E-state index >= 15 is 0 Å². The van der Waals surface area contributed by atoms with Crippen LogP contribution in [0.5, 0.6) is 0 Å². The maximum atomic E-state index is 12.2. The van der Waals surface area contributed by atoms with E-state index in [0.717, 1.165) is 35.9 Å². The van der Waals surface area contributed by atoms with Gasteiger partial charge in [-0.05, 0) is 54.7 Å². The maximum Gasteiger partial charge on any atom is 0.176 e. The summed E-state index contributed by atoms with van der Waals surface area (Å²) < 4.78 is 24.4. The van der Waals surface area contributed by atoms with Gasteiger partial charge in [-0.1, -0.05) is 48.5 Å². The number of nitrogens with one attached hydrogen (secondary N) is 2. The minimum Gasteiger partial charge on any atom is -0.387 e. The van der Waals surface area contributed by atoms with Crippen LogP contribution in [0.4, 0.5) is 0 Å². The van der Waals surface area contributed by atoms with Crippen molar-refractivity contribution < 1.29 is 13.5 Å². The number of rotatable bonds is 6. The Balaban J connectivity index is 1.33. The Kier molecular flexibility index (Phi) is 5.78. The number of aliphatic hydroxyl groups is 1. The van der Waals surface area contributed by atoms with Crippen LogP contribution in [-0.4, -0.2) is 41.8 Å². The van der Waals surface area contributed by atoms with E-state index in [0.29, 0.717) is 17.4 Å². The predicted molar refractivity (Wildman–Crippen MR) is 130 cm³/mol. The summed E-state index contributed by atoms with van der Waals surface area (Å²) in [6.07, 6.45) is 3.48. The van der Waals surface area contributed by atoms with Crippen LogP contribution in [0.1, 0.15) is 30.1 Å². The van der Waals surface area contributed by atoms with Gasteiger partial charge in [0.2, 0.25) is 0 Å². The summed E-state index contributed by atoms with van der Waals surface area (Å²) in [7, 11) is -3.36. The summed E-state index contributed by atoms with van der Waals surface area (Å²) in [5.41, 5.74) is 4.37. The molecule has 1 fully saturated rings. The Labute approximate surface area is 193 Å². The van der Waals surface area contributed by atoms with Crippen molar-refractivity contribution in [1.82, 2.24) is 15.3 Å². The molecule has 33 heavy (non-hydrogen) atoms. The molecule has 0 bridgehead atoms. The molecule has 1 aromatic heterocycles.